The molecule has 0 spiro atoms. The molecule has 6 heteroatoms. The second-order valence-electron chi connectivity index (χ2n) is 6.19. The molecule has 2 aromatic carbocycles. The topological polar surface area (TPSA) is 58.0 Å². The Morgan fingerprint density at radius 2 is 1.85 bits per heavy atom. The van der Waals surface area contributed by atoms with Crippen molar-refractivity contribution >= 4 is 33.2 Å². The summed E-state index contributed by atoms with van der Waals surface area (Å²) in [5.41, 5.74) is 11.5. The summed E-state index contributed by atoms with van der Waals surface area (Å²) in [4.78, 5) is 0. The first-order valence-electron chi connectivity index (χ1n) is 8.67. The third-order valence-corrected chi connectivity index (χ3v) is 4.79. The summed E-state index contributed by atoms with van der Waals surface area (Å²) in [7, 11) is 0. The molecule has 0 aliphatic carbocycles. The maximum Gasteiger partial charge on any atom is 0.112 e. The van der Waals surface area contributed by atoms with Crippen molar-refractivity contribution < 1.29 is 0 Å². The standard InChI is InChI=1S/C20H18N6/c1-2-25-18-8-4-3-6-15(18)16-12-14(9-10-19(16)25)26-20(13-22-24-26)17-7-5-11-21-23-17/h3-13,22,24H,2H2,1H3. The van der Waals surface area contributed by atoms with Crippen molar-refractivity contribution in [3.05, 3.63) is 72.7 Å². The Hall–Kier alpha value is -3.38. The van der Waals surface area contributed by atoms with Gasteiger partial charge in [-0.05, 0) is 43.3 Å². The van der Waals surface area contributed by atoms with Gasteiger partial charge in [0.1, 0.15) is 11.4 Å². The number of rotatable bonds is 3. The molecule has 2 N–H and O–H groups in total. The Bertz CT molecular complexity index is 1130. The summed E-state index contributed by atoms with van der Waals surface area (Å²) < 4.78 is 2.35. The minimum atomic E-state index is 0.807. The maximum atomic E-state index is 4.22. The molecular weight excluding hydrogens is 324 g/mol. The predicted molar refractivity (Wildman–Crippen MR) is 104 cm³/mol. The quantitative estimate of drug-likeness (QED) is 0.597. The first kappa shape index (κ1) is 14.9. The highest BCUT2D eigenvalue weighted by molar-refractivity contribution is 6.09. The highest BCUT2D eigenvalue weighted by Gasteiger charge is 2.21. The van der Waals surface area contributed by atoms with Crippen molar-refractivity contribution in [1.29, 1.82) is 0 Å². The van der Waals surface area contributed by atoms with Gasteiger partial charge in [0.2, 0.25) is 0 Å². The summed E-state index contributed by atoms with van der Waals surface area (Å²) in [6.45, 7) is 3.12. The van der Waals surface area contributed by atoms with E-state index in [1.165, 1.54) is 21.8 Å². The molecular formula is C20H18N6. The Kier molecular flexibility index (Phi) is 3.36. The normalized spacial score (nSPS) is 14.0. The van der Waals surface area contributed by atoms with Crippen LogP contribution in [0.1, 0.15) is 12.6 Å². The molecule has 1 aliphatic rings. The van der Waals surface area contributed by atoms with Gasteiger partial charge in [-0.25, -0.2) is 0 Å². The van der Waals surface area contributed by atoms with Gasteiger partial charge in [-0.1, -0.05) is 18.2 Å². The molecule has 0 saturated carbocycles. The summed E-state index contributed by atoms with van der Waals surface area (Å²) in [5.74, 6) is 0. The van der Waals surface area contributed by atoms with Crippen LogP contribution in [-0.4, -0.2) is 14.8 Å². The third-order valence-electron chi connectivity index (χ3n) is 4.79. The lowest BCUT2D eigenvalue weighted by Gasteiger charge is -2.21. The van der Waals surface area contributed by atoms with E-state index in [0.717, 1.165) is 23.6 Å². The van der Waals surface area contributed by atoms with E-state index in [2.05, 4.69) is 75.1 Å². The zero-order valence-electron chi connectivity index (χ0n) is 14.3. The van der Waals surface area contributed by atoms with Gasteiger partial charge in [-0.2, -0.15) is 5.10 Å². The van der Waals surface area contributed by atoms with E-state index in [-0.39, 0.29) is 0 Å². The van der Waals surface area contributed by atoms with Crippen LogP contribution in [0.4, 0.5) is 5.69 Å². The number of aromatic nitrogens is 3. The van der Waals surface area contributed by atoms with Gasteiger partial charge in [-0.3, -0.25) is 5.01 Å². The Balaban J connectivity index is 1.66. The molecule has 26 heavy (non-hydrogen) atoms. The Morgan fingerprint density at radius 1 is 0.962 bits per heavy atom. The second-order valence-corrected chi connectivity index (χ2v) is 6.19. The summed E-state index contributed by atoms with van der Waals surface area (Å²) in [5, 5.41) is 12.7. The minimum absolute atomic E-state index is 0.807. The maximum absolute atomic E-state index is 4.22. The fourth-order valence-electron chi connectivity index (χ4n) is 3.64. The number of nitrogens with zero attached hydrogens (tertiary/aromatic N) is 4. The summed E-state index contributed by atoms with van der Waals surface area (Å²) >= 11 is 0. The van der Waals surface area contributed by atoms with Gasteiger partial charge >= 0.3 is 0 Å². The van der Waals surface area contributed by atoms with Gasteiger partial charge in [0, 0.05) is 40.7 Å². The van der Waals surface area contributed by atoms with Crippen LogP contribution in [-0.2, 0) is 6.54 Å². The highest BCUT2D eigenvalue weighted by atomic mass is 15.7. The van der Waals surface area contributed by atoms with Gasteiger partial charge in [0.15, 0.2) is 0 Å². The molecule has 0 atom stereocenters. The lowest BCUT2D eigenvalue weighted by atomic mass is 10.1. The van der Waals surface area contributed by atoms with Crippen LogP contribution in [0.3, 0.4) is 0 Å². The minimum Gasteiger partial charge on any atom is -0.341 e. The summed E-state index contributed by atoms with van der Waals surface area (Å²) in [6.07, 6.45) is 3.57. The number of hydrazine groups is 2. The van der Waals surface area contributed by atoms with Gasteiger partial charge in [-0.15, -0.1) is 10.6 Å². The average Bonchev–Trinajstić information content (AvgIpc) is 3.31. The molecule has 0 bridgehead atoms. The van der Waals surface area contributed by atoms with Crippen molar-refractivity contribution in [2.45, 2.75) is 13.5 Å². The van der Waals surface area contributed by atoms with E-state index in [1.54, 1.807) is 6.20 Å². The average molecular weight is 342 g/mol. The van der Waals surface area contributed by atoms with E-state index in [0.29, 0.717) is 0 Å². The number of para-hydroxylation sites is 1. The number of fused-ring (bicyclic) bond motifs is 3. The molecule has 3 heterocycles. The van der Waals surface area contributed by atoms with Crippen LogP contribution in [0.25, 0.3) is 27.5 Å². The molecule has 1 aliphatic heterocycles. The number of aryl methyl sites for hydroxylation is 1. The first-order valence-corrected chi connectivity index (χ1v) is 8.67. The van der Waals surface area contributed by atoms with Crippen molar-refractivity contribution in [2.75, 3.05) is 5.01 Å². The van der Waals surface area contributed by atoms with Crippen molar-refractivity contribution in [3.8, 4) is 0 Å². The SMILES string of the molecule is CCn1c2ccccc2c2cc(N3NNC=C3c3cccnn3)ccc21. The van der Waals surface area contributed by atoms with Gasteiger partial charge < -0.3 is 9.99 Å². The van der Waals surface area contributed by atoms with E-state index in [4.69, 9.17) is 0 Å². The smallest absolute Gasteiger partial charge is 0.112 e. The molecule has 128 valence electrons. The van der Waals surface area contributed by atoms with Crippen molar-refractivity contribution in [2.24, 2.45) is 0 Å². The Labute approximate surface area is 150 Å². The molecule has 5 rings (SSSR count). The summed E-state index contributed by atoms with van der Waals surface area (Å²) in [6, 6.07) is 18.9. The van der Waals surface area contributed by atoms with E-state index >= 15 is 0 Å². The first-order chi connectivity index (χ1) is 12.9. The molecule has 2 aromatic heterocycles. The largest absolute Gasteiger partial charge is 0.341 e. The van der Waals surface area contributed by atoms with E-state index < -0.39 is 0 Å². The molecule has 0 radical (unpaired) electrons. The molecule has 0 amide bonds. The second kappa shape index (κ2) is 5.86. The molecule has 0 unspecified atom stereocenters. The number of hydrogen-bond acceptors (Lipinski definition) is 5. The molecule has 6 nitrogen and oxygen atoms in total. The number of anilines is 1. The van der Waals surface area contributed by atoms with E-state index in [1.807, 2.05) is 23.3 Å². The monoisotopic (exact) mass is 342 g/mol. The van der Waals surface area contributed by atoms with Crippen LogP contribution < -0.4 is 16.0 Å². The fourth-order valence-corrected chi connectivity index (χ4v) is 3.64. The van der Waals surface area contributed by atoms with Crippen LogP contribution in [0.15, 0.2) is 67.0 Å². The molecule has 4 aromatic rings. The Morgan fingerprint density at radius 3 is 2.69 bits per heavy atom. The highest BCUT2D eigenvalue weighted by Crippen LogP contribution is 2.33. The van der Waals surface area contributed by atoms with Gasteiger partial charge in [0.25, 0.3) is 0 Å². The number of hydrogen-bond donors (Lipinski definition) is 2. The van der Waals surface area contributed by atoms with Crippen LogP contribution in [0.2, 0.25) is 0 Å². The van der Waals surface area contributed by atoms with Crippen LogP contribution in [0.5, 0.6) is 0 Å². The predicted octanol–water partition coefficient (Wildman–Crippen LogP) is 3.43. The zero-order valence-corrected chi connectivity index (χ0v) is 14.3. The van der Waals surface area contributed by atoms with Crippen molar-refractivity contribution in [3.63, 3.8) is 0 Å². The fraction of sp³-hybridized carbons (Fsp3) is 0.100. The van der Waals surface area contributed by atoms with Crippen LogP contribution in [0, 0.1) is 0 Å². The number of benzene rings is 2. The third kappa shape index (κ3) is 2.16. The lowest BCUT2D eigenvalue weighted by molar-refractivity contribution is 0.683. The van der Waals surface area contributed by atoms with Crippen molar-refractivity contribution in [1.82, 2.24) is 25.7 Å². The molecule has 0 fully saturated rings. The number of nitrogens with one attached hydrogen (secondary N) is 2. The zero-order chi connectivity index (χ0) is 17.5. The lowest BCUT2D eigenvalue weighted by Crippen LogP contribution is -2.37. The van der Waals surface area contributed by atoms with E-state index in [9.17, 15) is 0 Å². The molecule has 0 saturated heterocycles. The van der Waals surface area contributed by atoms with Crippen LogP contribution >= 0.6 is 0 Å². The van der Waals surface area contributed by atoms with Gasteiger partial charge in [0.05, 0.1) is 5.69 Å².